The largest absolute Gasteiger partial charge is 0.489 e. The van der Waals surface area contributed by atoms with E-state index in [4.69, 9.17) is 16.6 Å². The minimum atomic E-state index is -0.374. The molecule has 3 heterocycles. The minimum absolute atomic E-state index is 0.0393. The number of rotatable bonds is 13. The molecule has 10 rings (SSSR count). The lowest BCUT2D eigenvalue weighted by atomic mass is 9.88. The molecule has 0 radical (unpaired) electrons. The maximum Gasteiger partial charge on any atom is 0.137 e. The van der Waals surface area contributed by atoms with Crippen LogP contribution in [0.3, 0.4) is 0 Å². The van der Waals surface area contributed by atoms with Gasteiger partial charge >= 0.3 is 0 Å². The highest BCUT2D eigenvalue weighted by Crippen LogP contribution is 2.42. The number of aromatic nitrogens is 2. The molecule has 1 aliphatic rings. The fourth-order valence-corrected chi connectivity index (χ4v) is 9.46. The van der Waals surface area contributed by atoms with Crippen molar-refractivity contribution in [1.29, 1.82) is 0 Å². The third-order valence-electron chi connectivity index (χ3n) is 12.7. The quantitative estimate of drug-likeness (QED) is 0.116. The van der Waals surface area contributed by atoms with Gasteiger partial charge in [0.15, 0.2) is 0 Å². The molecule has 5 heteroatoms. The number of anilines is 3. The first kappa shape index (κ1) is 36.3. The number of benzene rings is 7. The third-order valence-corrected chi connectivity index (χ3v) is 12.7. The van der Waals surface area contributed by atoms with E-state index in [1.54, 1.807) is 0 Å². The Balaban J connectivity index is 0.904. The lowest BCUT2D eigenvalue weighted by molar-refractivity contribution is 0.306. The summed E-state index contributed by atoms with van der Waals surface area (Å²) in [5.41, 5.74) is 13.3. The predicted molar refractivity (Wildman–Crippen MR) is 273 cm³/mol. The maximum atomic E-state index is 8.80. The van der Waals surface area contributed by atoms with E-state index in [9.17, 15) is 0 Å². The fraction of sp³-hybridized carbons (Fsp3) is 0.217. The Morgan fingerprint density at radius 1 is 0.692 bits per heavy atom. The smallest absolute Gasteiger partial charge is 0.137 e. The van der Waals surface area contributed by atoms with Crippen molar-refractivity contribution in [2.45, 2.75) is 65.9 Å². The number of hydrogen-bond donors (Lipinski definition) is 0. The van der Waals surface area contributed by atoms with E-state index >= 15 is 0 Å². The van der Waals surface area contributed by atoms with Crippen molar-refractivity contribution in [2.75, 3.05) is 23.0 Å². The standard InChI is InChI=1S/C60H58N4O/c1-42(2)35-47-22-15-24-51(45-20-10-7-11-21-45)52(47)25-16-34-62-41-63(57-27-13-12-26-56(57)62)49-23-14-17-43(36-49)40-65-50-29-30-53-54-37-46(44-18-8-6-9-19-44)28-31-55(54)64(58(53)39-50)59-38-48(32-33-61-59)60(3,4)5/h6-15,17-24,26-33,36-39,42H,16,25,34-35,40-41H2,1-5H3/i7D,10D,11D,20D,21D. The van der Waals surface area contributed by atoms with Crippen LogP contribution in [0.4, 0.5) is 17.1 Å². The van der Waals surface area contributed by atoms with Gasteiger partial charge in [-0.1, -0.05) is 144 Å². The van der Waals surface area contributed by atoms with Gasteiger partial charge in [0.1, 0.15) is 18.2 Å². The molecule has 0 N–H and O–H groups in total. The molecule has 0 unspecified atom stereocenters. The predicted octanol–water partition coefficient (Wildman–Crippen LogP) is 15.1. The molecule has 324 valence electrons. The topological polar surface area (TPSA) is 33.5 Å². The minimum Gasteiger partial charge on any atom is -0.489 e. The normalized spacial score (nSPS) is 13.8. The molecular formula is C60H58N4O. The second-order valence-electron chi connectivity index (χ2n) is 18.7. The summed E-state index contributed by atoms with van der Waals surface area (Å²) < 4.78 is 51.5. The second-order valence-corrected chi connectivity index (χ2v) is 18.7. The summed E-state index contributed by atoms with van der Waals surface area (Å²) in [5.74, 6) is 2.04. The molecule has 0 spiro atoms. The molecule has 1 aliphatic heterocycles. The summed E-state index contributed by atoms with van der Waals surface area (Å²) in [6, 6.07) is 49.7. The molecule has 5 nitrogen and oxygen atoms in total. The van der Waals surface area contributed by atoms with Gasteiger partial charge < -0.3 is 14.5 Å². The van der Waals surface area contributed by atoms with E-state index in [0.29, 0.717) is 25.6 Å². The first-order valence-corrected chi connectivity index (χ1v) is 22.9. The number of hydrogen-bond acceptors (Lipinski definition) is 4. The molecule has 9 aromatic rings. The van der Waals surface area contributed by atoms with Gasteiger partial charge in [0, 0.05) is 35.3 Å². The zero-order valence-electron chi connectivity index (χ0n) is 43.0. The number of pyridine rings is 1. The summed E-state index contributed by atoms with van der Waals surface area (Å²) in [6.07, 6.45) is 4.26. The highest BCUT2D eigenvalue weighted by molar-refractivity contribution is 6.10. The highest BCUT2D eigenvalue weighted by Gasteiger charge is 2.27. The number of para-hydroxylation sites is 2. The van der Waals surface area contributed by atoms with E-state index in [1.807, 2.05) is 24.4 Å². The van der Waals surface area contributed by atoms with Gasteiger partial charge in [-0.05, 0) is 136 Å². The van der Waals surface area contributed by atoms with Gasteiger partial charge in [-0.25, -0.2) is 4.98 Å². The van der Waals surface area contributed by atoms with Crippen molar-refractivity contribution >= 4 is 38.9 Å². The molecule has 0 saturated heterocycles. The van der Waals surface area contributed by atoms with Crippen molar-refractivity contribution in [2.24, 2.45) is 5.92 Å². The molecule has 7 aromatic carbocycles. The molecule has 0 bridgehead atoms. The van der Waals surface area contributed by atoms with Crippen LogP contribution in [0.25, 0.3) is 49.9 Å². The Morgan fingerprint density at radius 2 is 1.49 bits per heavy atom. The molecule has 0 atom stereocenters. The average Bonchev–Trinajstić information content (AvgIpc) is 3.90. The van der Waals surface area contributed by atoms with E-state index in [1.165, 1.54) is 16.7 Å². The SMILES string of the molecule is [2H]c1c([2H])c([2H])c(-c2cccc(CC(C)C)c2CCCN2CN(c3cccc(COc4ccc5c6cc(-c7ccccc7)ccc6n(-c6cc(C(C)(C)C)ccn6)c5c4)c3)c3ccccc32)c([2H])c1[2H]. The van der Waals surface area contributed by atoms with Crippen molar-refractivity contribution in [3.63, 3.8) is 0 Å². The number of ether oxygens (including phenoxy) is 1. The lowest BCUT2D eigenvalue weighted by Crippen LogP contribution is -2.29. The van der Waals surface area contributed by atoms with Gasteiger partial charge in [0.25, 0.3) is 0 Å². The zero-order chi connectivity index (χ0) is 48.8. The Kier molecular flexibility index (Phi) is 9.93. The first-order chi connectivity index (χ1) is 33.7. The molecule has 2 aromatic heterocycles. The van der Waals surface area contributed by atoms with Crippen LogP contribution in [0.15, 0.2) is 182 Å². The summed E-state index contributed by atoms with van der Waals surface area (Å²) in [6.45, 7) is 12.9. The summed E-state index contributed by atoms with van der Waals surface area (Å²) in [5, 5.41) is 2.30. The van der Waals surface area contributed by atoms with Gasteiger partial charge in [-0.15, -0.1) is 0 Å². The zero-order valence-corrected chi connectivity index (χ0v) is 38.0. The summed E-state index contributed by atoms with van der Waals surface area (Å²) in [7, 11) is 0. The van der Waals surface area contributed by atoms with E-state index in [2.05, 4.69) is 176 Å². The van der Waals surface area contributed by atoms with E-state index in [-0.39, 0.29) is 41.2 Å². The van der Waals surface area contributed by atoms with Crippen molar-refractivity contribution < 1.29 is 11.6 Å². The molecule has 0 amide bonds. The van der Waals surface area contributed by atoms with Gasteiger partial charge in [0.05, 0.1) is 35.9 Å². The van der Waals surface area contributed by atoms with E-state index < -0.39 is 0 Å². The van der Waals surface area contributed by atoms with Crippen molar-refractivity contribution in [3.8, 4) is 33.8 Å². The van der Waals surface area contributed by atoms with Crippen LogP contribution < -0.4 is 14.5 Å². The Bertz CT molecular complexity index is 3390. The fourth-order valence-electron chi connectivity index (χ4n) is 9.46. The molecule has 0 saturated carbocycles. The molecule has 65 heavy (non-hydrogen) atoms. The summed E-state index contributed by atoms with van der Waals surface area (Å²) >= 11 is 0. The lowest BCUT2D eigenvalue weighted by Gasteiger charge is -2.23. The van der Waals surface area contributed by atoms with E-state index in [0.717, 1.165) is 92.1 Å². The summed E-state index contributed by atoms with van der Waals surface area (Å²) in [4.78, 5) is 9.70. The Labute approximate surface area is 391 Å². The molecular weight excluding hydrogens is 793 g/mol. The van der Waals surface area contributed by atoms with Crippen LogP contribution in [0.5, 0.6) is 5.75 Å². The van der Waals surface area contributed by atoms with Gasteiger partial charge in [0.2, 0.25) is 0 Å². The molecule has 0 fully saturated rings. The maximum absolute atomic E-state index is 8.80. The highest BCUT2D eigenvalue weighted by atomic mass is 16.5. The number of fused-ring (bicyclic) bond motifs is 4. The third kappa shape index (κ3) is 8.63. The first-order valence-electron chi connectivity index (χ1n) is 25.4. The second kappa shape index (κ2) is 17.8. The monoisotopic (exact) mass is 855 g/mol. The van der Waals surface area contributed by atoms with Gasteiger partial charge in [-0.3, -0.25) is 4.57 Å². The average molecular weight is 856 g/mol. The Morgan fingerprint density at radius 3 is 2.31 bits per heavy atom. The van der Waals surface area contributed by atoms with Crippen LogP contribution in [0.1, 0.15) is 70.1 Å². The van der Waals surface area contributed by atoms with Crippen LogP contribution >= 0.6 is 0 Å². The van der Waals surface area contributed by atoms with Crippen LogP contribution in [0.2, 0.25) is 0 Å². The Hall–Kier alpha value is -7.11. The molecule has 0 aliphatic carbocycles. The number of nitrogens with zero attached hydrogens (tertiary/aromatic N) is 4. The van der Waals surface area contributed by atoms with Crippen molar-refractivity contribution in [3.05, 3.63) is 204 Å². The van der Waals surface area contributed by atoms with Crippen LogP contribution in [-0.4, -0.2) is 22.8 Å². The van der Waals surface area contributed by atoms with Crippen LogP contribution in [0, 0.1) is 5.92 Å². The van der Waals surface area contributed by atoms with Crippen LogP contribution in [-0.2, 0) is 24.9 Å². The van der Waals surface area contributed by atoms with Gasteiger partial charge in [-0.2, -0.15) is 0 Å². The van der Waals surface area contributed by atoms with Crippen molar-refractivity contribution in [1.82, 2.24) is 9.55 Å².